The summed E-state index contributed by atoms with van der Waals surface area (Å²) >= 11 is 6.04. The predicted octanol–water partition coefficient (Wildman–Crippen LogP) is 3.96. The second-order valence-electron chi connectivity index (χ2n) is 5.10. The monoisotopic (exact) mass is 303 g/mol. The molecule has 0 saturated carbocycles. The molecule has 0 aromatic heterocycles. The molecule has 1 N–H and O–H groups in total. The lowest BCUT2D eigenvalue weighted by Gasteiger charge is -2.22. The molecule has 2 aromatic carbocycles. The van der Waals surface area contributed by atoms with Crippen molar-refractivity contribution in [2.24, 2.45) is 0 Å². The third kappa shape index (κ3) is 3.31. The lowest BCUT2D eigenvalue weighted by molar-refractivity contribution is 0.169. The summed E-state index contributed by atoms with van der Waals surface area (Å²) in [5.41, 5.74) is 2.28. The molecule has 1 aliphatic heterocycles. The molecule has 0 radical (unpaired) electrons. The second-order valence-corrected chi connectivity index (χ2v) is 5.54. The fourth-order valence-electron chi connectivity index (χ4n) is 2.43. The summed E-state index contributed by atoms with van der Waals surface area (Å²) in [4.78, 5) is 0. The van der Waals surface area contributed by atoms with E-state index in [1.165, 1.54) is 5.56 Å². The fourth-order valence-corrected chi connectivity index (χ4v) is 2.63. The molecule has 3 rings (SSSR count). The van der Waals surface area contributed by atoms with Crippen LogP contribution in [0.1, 0.15) is 24.1 Å². The van der Waals surface area contributed by atoms with Gasteiger partial charge in [-0.2, -0.15) is 0 Å². The number of halogens is 1. The van der Waals surface area contributed by atoms with Gasteiger partial charge in [0.05, 0.1) is 0 Å². The van der Waals surface area contributed by atoms with Crippen molar-refractivity contribution in [1.29, 1.82) is 0 Å². The molecule has 2 aromatic rings. The molecule has 1 atom stereocenters. The minimum Gasteiger partial charge on any atom is -0.486 e. The summed E-state index contributed by atoms with van der Waals surface area (Å²) in [5, 5.41) is 4.26. The molecule has 1 aliphatic rings. The van der Waals surface area contributed by atoms with Gasteiger partial charge in [0, 0.05) is 23.2 Å². The molecule has 1 heterocycles. The third-order valence-corrected chi connectivity index (χ3v) is 3.83. The maximum atomic E-state index is 6.04. The van der Waals surface area contributed by atoms with Crippen molar-refractivity contribution in [3.05, 3.63) is 58.6 Å². The number of benzene rings is 2. The number of ether oxygens (including phenoxy) is 2. The zero-order valence-electron chi connectivity index (χ0n) is 11.9. The zero-order valence-corrected chi connectivity index (χ0v) is 12.7. The first-order valence-electron chi connectivity index (χ1n) is 7.10. The van der Waals surface area contributed by atoms with Crippen LogP contribution < -0.4 is 14.8 Å². The standard InChI is InChI=1S/C17H18ClNO2/c1-12(13-4-2-6-15(18)10-13)19-11-14-5-3-7-16-17(14)21-9-8-20-16/h2-7,10,12,19H,8-9,11H2,1H3/t12-/m1/s1. The van der Waals surface area contributed by atoms with Crippen molar-refractivity contribution in [2.45, 2.75) is 19.5 Å². The Bertz CT molecular complexity index is 630. The SMILES string of the molecule is C[C@@H](NCc1cccc2c1OCCO2)c1cccc(Cl)c1. The van der Waals surface area contributed by atoms with E-state index < -0.39 is 0 Å². The topological polar surface area (TPSA) is 30.5 Å². The molecular formula is C17H18ClNO2. The van der Waals surface area contributed by atoms with Crippen LogP contribution in [0.4, 0.5) is 0 Å². The number of para-hydroxylation sites is 1. The van der Waals surface area contributed by atoms with Crippen LogP contribution in [0.3, 0.4) is 0 Å². The van der Waals surface area contributed by atoms with Crippen LogP contribution >= 0.6 is 11.6 Å². The van der Waals surface area contributed by atoms with Gasteiger partial charge in [-0.3, -0.25) is 0 Å². The van der Waals surface area contributed by atoms with E-state index >= 15 is 0 Å². The lowest BCUT2D eigenvalue weighted by atomic mass is 10.1. The van der Waals surface area contributed by atoms with E-state index in [9.17, 15) is 0 Å². The lowest BCUT2D eigenvalue weighted by Crippen LogP contribution is -2.21. The van der Waals surface area contributed by atoms with Gasteiger partial charge in [-0.05, 0) is 30.7 Å². The molecule has 0 amide bonds. The zero-order chi connectivity index (χ0) is 14.7. The van der Waals surface area contributed by atoms with Gasteiger partial charge in [-0.15, -0.1) is 0 Å². The molecule has 0 unspecified atom stereocenters. The second kappa shape index (κ2) is 6.37. The fraction of sp³-hybridized carbons (Fsp3) is 0.294. The Morgan fingerprint density at radius 3 is 2.81 bits per heavy atom. The van der Waals surface area contributed by atoms with Gasteiger partial charge in [-0.1, -0.05) is 35.9 Å². The Hall–Kier alpha value is -1.71. The highest BCUT2D eigenvalue weighted by atomic mass is 35.5. The van der Waals surface area contributed by atoms with Crippen molar-refractivity contribution in [3.63, 3.8) is 0 Å². The number of fused-ring (bicyclic) bond motifs is 1. The van der Waals surface area contributed by atoms with Crippen molar-refractivity contribution >= 4 is 11.6 Å². The summed E-state index contributed by atoms with van der Waals surface area (Å²) in [6, 6.07) is 14.1. The molecule has 0 spiro atoms. The first-order chi connectivity index (χ1) is 10.2. The molecule has 0 aliphatic carbocycles. The molecule has 21 heavy (non-hydrogen) atoms. The highest BCUT2D eigenvalue weighted by Crippen LogP contribution is 2.33. The Balaban J connectivity index is 1.70. The maximum absolute atomic E-state index is 6.04. The summed E-state index contributed by atoms with van der Waals surface area (Å²) in [7, 11) is 0. The summed E-state index contributed by atoms with van der Waals surface area (Å²) in [5.74, 6) is 1.69. The molecule has 0 fully saturated rings. The number of hydrogen-bond donors (Lipinski definition) is 1. The van der Waals surface area contributed by atoms with E-state index in [-0.39, 0.29) is 6.04 Å². The number of hydrogen-bond acceptors (Lipinski definition) is 3. The van der Waals surface area contributed by atoms with Gasteiger partial charge >= 0.3 is 0 Å². The Labute approximate surface area is 129 Å². The van der Waals surface area contributed by atoms with Crippen LogP contribution in [-0.2, 0) is 6.54 Å². The van der Waals surface area contributed by atoms with Crippen LogP contribution in [0.5, 0.6) is 11.5 Å². The van der Waals surface area contributed by atoms with E-state index in [0.717, 1.165) is 28.6 Å². The quantitative estimate of drug-likeness (QED) is 0.927. The summed E-state index contributed by atoms with van der Waals surface area (Å²) in [6.07, 6.45) is 0. The molecule has 4 heteroatoms. The Kier molecular flexibility index (Phi) is 4.32. The van der Waals surface area contributed by atoms with Gasteiger partial charge in [0.15, 0.2) is 11.5 Å². The Morgan fingerprint density at radius 1 is 1.14 bits per heavy atom. The van der Waals surface area contributed by atoms with E-state index in [2.05, 4.69) is 24.4 Å². The van der Waals surface area contributed by atoms with Gasteiger partial charge in [0.1, 0.15) is 13.2 Å². The average molecular weight is 304 g/mol. The highest BCUT2D eigenvalue weighted by molar-refractivity contribution is 6.30. The minimum atomic E-state index is 0.212. The van der Waals surface area contributed by atoms with Crippen LogP contribution in [-0.4, -0.2) is 13.2 Å². The summed E-state index contributed by atoms with van der Waals surface area (Å²) < 4.78 is 11.3. The maximum Gasteiger partial charge on any atom is 0.165 e. The number of rotatable bonds is 4. The largest absolute Gasteiger partial charge is 0.486 e. The smallest absolute Gasteiger partial charge is 0.165 e. The summed E-state index contributed by atoms with van der Waals surface area (Å²) in [6.45, 7) is 4.06. The van der Waals surface area contributed by atoms with E-state index in [1.54, 1.807) is 0 Å². The van der Waals surface area contributed by atoms with Gasteiger partial charge < -0.3 is 14.8 Å². The van der Waals surface area contributed by atoms with Crippen LogP contribution in [0.15, 0.2) is 42.5 Å². The normalized spacial score (nSPS) is 14.8. The Morgan fingerprint density at radius 2 is 1.95 bits per heavy atom. The van der Waals surface area contributed by atoms with Gasteiger partial charge in [0.2, 0.25) is 0 Å². The van der Waals surface area contributed by atoms with Gasteiger partial charge in [0.25, 0.3) is 0 Å². The first kappa shape index (κ1) is 14.2. The van der Waals surface area contributed by atoms with Crippen molar-refractivity contribution in [1.82, 2.24) is 5.32 Å². The first-order valence-corrected chi connectivity index (χ1v) is 7.48. The van der Waals surface area contributed by atoms with E-state index in [1.807, 2.05) is 30.3 Å². The van der Waals surface area contributed by atoms with E-state index in [0.29, 0.717) is 13.2 Å². The van der Waals surface area contributed by atoms with Crippen LogP contribution in [0, 0.1) is 0 Å². The average Bonchev–Trinajstić information content (AvgIpc) is 2.52. The van der Waals surface area contributed by atoms with Crippen LogP contribution in [0.2, 0.25) is 5.02 Å². The molecule has 3 nitrogen and oxygen atoms in total. The molecule has 0 bridgehead atoms. The van der Waals surface area contributed by atoms with E-state index in [4.69, 9.17) is 21.1 Å². The third-order valence-electron chi connectivity index (χ3n) is 3.60. The highest BCUT2D eigenvalue weighted by Gasteiger charge is 2.16. The molecule has 110 valence electrons. The molecular weight excluding hydrogens is 286 g/mol. The predicted molar refractivity (Wildman–Crippen MR) is 84.1 cm³/mol. The number of nitrogens with one attached hydrogen (secondary N) is 1. The molecule has 0 saturated heterocycles. The van der Waals surface area contributed by atoms with Crippen molar-refractivity contribution in [2.75, 3.05) is 13.2 Å². The van der Waals surface area contributed by atoms with Gasteiger partial charge in [-0.25, -0.2) is 0 Å². The van der Waals surface area contributed by atoms with Crippen molar-refractivity contribution in [3.8, 4) is 11.5 Å². The minimum absolute atomic E-state index is 0.212. The van der Waals surface area contributed by atoms with Crippen molar-refractivity contribution < 1.29 is 9.47 Å². The van der Waals surface area contributed by atoms with Crippen LogP contribution in [0.25, 0.3) is 0 Å².